The number of likely N-dealkylation sites (tertiary alicyclic amines) is 1. The molecule has 0 aromatic carbocycles. The number of ether oxygens (including phenoxy) is 1. The van der Waals surface area contributed by atoms with Gasteiger partial charge in [0.15, 0.2) is 6.10 Å². The summed E-state index contributed by atoms with van der Waals surface area (Å²) < 4.78 is 5.11. The summed E-state index contributed by atoms with van der Waals surface area (Å²) in [6, 6.07) is -0.716. The van der Waals surface area contributed by atoms with Gasteiger partial charge in [-0.1, -0.05) is 39.0 Å². The van der Waals surface area contributed by atoms with Gasteiger partial charge in [-0.2, -0.15) is 0 Å². The molecular weight excluding hydrogens is 400 g/mol. The number of methoxy groups -OCH3 is 1. The first-order valence-electron chi connectivity index (χ1n) is 11.0. The number of nitrogens with zero attached hydrogens (tertiary/aromatic N) is 1. The molecule has 0 radical (unpaired) electrons. The highest BCUT2D eigenvalue weighted by molar-refractivity contribution is 5.89. The van der Waals surface area contributed by atoms with Crippen LogP contribution in [0.4, 0.5) is 0 Å². The molecule has 1 unspecified atom stereocenters. The summed E-state index contributed by atoms with van der Waals surface area (Å²) in [6.07, 6.45) is 2.54. The highest BCUT2D eigenvalue weighted by Crippen LogP contribution is 2.18. The SMILES string of the molecule is C=CCCCN1CCCCC(NC(=O)[C@H](OC)[C@H](O)[C@@H](O)[C@H](O)/C=C/C(C)(C)C)C1=O. The van der Waals surface area contributed by atoms with Gasteiger partial charge in [-0.3, -0.25) is 9.59 Å². The molecule has 1 fully saturated rings. The molecule has 2 amide bonds. The molecule has 0 aromatic rings. The maximum atomic E-state index is 12.9. The number of aliphatic hydroxyl groups is 3. The highest BCUT2D eigenvalue weighted by atomic mass is 16.5. The molecule has 0 saturated carbocycles. The van der Waals surface area contributed by atoms with Gasteiger partial charge in [0.25, 0.3) is 5.91 Å². The molecule has 178 valence electrons. The number of nitrogens with one attached hydrogen (secondary N) is 1. The van der Waals surface area contributed by atoms with Crippen molar-refractivity contribution in [1.29, 1.82) is 0 Å². The van der Waals surface area contributed by atoms with E-state index >= 15 is 0 Å². The van der Waals surface area contributed by atoms with Crippen molar-refractivity contribution in [2.45, 2.75) is 83.3 Å². The summed E-state index contributed by atoms with van der Waals surface area (Å²) in [5.41, 5.74) is -0.221. The zero-order valence-corrected chi connectivity index (χ0v) is 19.3. The van der Waals surface area contributed by atoms with E-state index in [0.29, 0.717) is 19.5 Å². The van der Waals surface area contributed by atoms with Crippen LogP contribution in [0.25, 0.3) is 0 Å². The van der Waals surface area contributed by atoms with Crippen molar-refractivity contribution in [3.63, 3.8) is 0 Å². The minimum Gasteiger partial charge on any atom is -0.387 e. The van der Waals surface area contributed by atoms with Crippen molar-refractivity contribution in [3.05, 3.63) is 24.8 Å². The average Bonchev–Trinajstić information content (AvgIpc) is 2.87. The van der Waals surface area contributed by atoms with E-state index in [1.807, 2.05) is 26.8 Å². The van der Waals surface area contributed by atoms with E-state index in [1.54, 1.807) is 11.0 Å². The van der Waals surface area contributed by atoms with Crippen molar-refractivity contribution in [1.82, 2.24) is 10.2 Å². The number of carbonyl (C=O) groups is 2. The van der Waals surface area contributed by atoms with Crippen molar-refractivity contribution >= 4 is 11.8 Å². The Bertz CT molecular complexity index is 616. The lowest BCUT2D eigenvalue weighted by Gasteiger charge is -2.29. The van der Waals surface area contributed by atoms with Gasteiger partial charge in [-0.25, -0.2) is 0 Å². The number of rotatable bonds is 11. The van der Waals surface area contributed by atoms with E-state index in [4.69, 9.17) is 4.74 Å². The number of allylic oxidation sites excluding steroid dienone is 2. The predicted octanol–water partition coefficient (Wildman–Crippen LogP) is 1.15. The Morgan fingerprint density at radius 2 is 1.97 bits per heavy atom. The molecule has 0 spiro atoms. The van der Waals surface area contributed by atoms with Crippen LogP contribution in [0.1, 0.15) is 52.9 Å². The lowest BCUT2D eigenvalue weighted by atomic mass is 9.94. The molecule has 0 aliphatic carbocycles. The van der Waals surface area contributed by atoms with E-state index in [-0.39, 0.29) is 11.3 Å². The summed E-state index contributed by atoms with van der Waals surface area (Å²) in [4.78, 5) is 27.4. The molecule has 0 aromatic heterocycles. The monoisotopic (exact) mass is 440 g/mol. The summed E-state index contributed by atoms with van der Waals surface area (Å²) >= 11 is 0. The number of carbonyl (C=O) groups excluding carboxylic acids is 2. The first-order valence-corrected chi connectivity index (χ1v) is 11.0. The molecule has 1 heterocycles. The lowest BCUT2D eigenvalue weighted by molar-refractivity contribution is -0.151. The van der Waals surface area contributed by atoms with E-state index < -0.39 is 36.4 Å². The normalized spacial score (nSPS) is 22.0. The van der Waals surface area contributed by atoms with Gasteiger partial charge in [0.2, 0.25) is 5.91 Å². The van der Waals surface area contributed by atoms with Crippen LogP contribution in [0.15, 0.2) is 24.8 Å². The smallest absolute Gasteiger partial charge is 0.252 e. The van der Waals surface area contributed by atoms with Gasteiger partial charge in [0.05, 0.1) is 0 Å². The second-order valence-corrected chi connectivity index (χ2v) is 9.17. The Morgan fingerprint density at radius 3 is 2.55 bits per heavy atom. The van der Waals surface area contributed by atoms with Crippen LogP contribution in [-0.4, -0.2) is 82.7 Å². The number of hydrogen-bond donors (Lipinski definition) is 4. The number of amides is 2. The van der Waals surface area contributed by atoms with Gasteiger partial charge >= 0.3 is 0 Å². The molecule has 1 aliphatic rings. The largest absolute Gasteiger partial charge is 0.387 e. The van der Waals surface area contributed by atoms with Crippen LogP contribution >= 0.6 is 0 Å². The average molecular weight is 441 g/mol. The third kappa shape index (κ3) is 9.11. The van der Waals surface area contributed by atoms with Crippen molar-refractivity contribution < 1.29 is 29.6 Å². The standard InChI is InChI=1S/C23H40N2O6/c1-6-7-9-14-25-15-10-8-11-16(22(25)30)24-21(29)20(31-5)19(28)18(27)17(26)12-13-23(2,3)4/h6,12-13,16-20,26-28H,1,7-11,14-15H2,2-5H3,(H,24,29)/b13-12+/t16?,17-,18+,19-,20-/m1/s1. The summed E-state index contributed by atoms with van der Waals surface area (Å²) in [7, 11) is 1.23. The molecule has 0 bridgehead atoms. The maximum absolute atomic E-state index is 12.9. The number of aliphatic hydroxyl groups excluding tert-OH is 3. The first kappa shape index (κ1) is 27.3. The minimum absolute atomic E-state index is 0.159. The van der Waals surface area contributed by atoms with E-state index in [2.05, 4.69) is 11.9 Å². The van der Waals surface area contributed by atoms with E-state index in [1.165, 1.54) is 13.2 Å². The molecule has 31 heavy (non-hydrogen) atoms. The molecule has 1 aliphatic heterocycles. The second kappa shape index (κ2) is 13.0. The molecule has 5 atom stereocenters. The van der Waals surface area contributed by atoms with Crippen molar-refractivity contribution in [2.24, 2.45) is 5.41 Å². The van der Waals surface area contributed by atoms with Crippen LogP contribution in [0.3, 0.4) is 0 Å². The van der Waals surface area contributed by atoms with Gasteiger partial charge in [0, 0.05) is 20.2 Å². The fourth-order valence-electron chi connectivity index (χ4n) is 3.43. The summed E-state index contributed by atoms with van der Waals surface area (Å²) in [6.45, 7) is 10.7. The topological polar surface area (TPSA) is 119 Å². The van der Waals surface area contributed by atoms with Gasteiger partial charge in [-0.05, 0) is 37.5 Å². The molecule has 4 N–H and O–H groups in total. The molecule has 8 nitrogen and oxygen atoms in total. The zero-order chi connectivity index (χ0) is 23.6. The Hall–Kier alpha value is -1.74. The molecular formula is C23H40N2O6. The molecule has 1 rings (SSSR count). The van der Waals surface area contributed by atoms with Crippen LogP contribution < -0.4 is 5.32 Å². The van der Waals surface area contributed by atoms with E-state index in [9.17, 15) is 24.9 Å². The Balaban J connectivity index is 2.80. The molecule has 1 saturated heterocycles. The third-order valence-electron chi connectivity index (χ3n) is 5.25. The Morgan fingerprint density at radius 1 is 1.29 bits per heavy atom. The summed E-state index contributed by atoms with van der Waals surface area (Å²) in [5, 5.41) is 33.6. The van der Waals surface area contributed by atoms with Gasteiger partial charge in [-0.15, -0.1) is 6.58 Å². The van der Waals surface area contributed by atoms with E-state index in [0.717, 1.165) is 25.7 Å². The van der Waals surface area contributed by atoms with Crippen LogP contribution in [0.2, 0.25) is 0 Å². The van der Waals surface area contributed by atoms with Gasteiger partial charge < -0.3 is 30.3 Å². The summed E-state index contributed by atoms with van der Waals surface area (Å²) in [5.74, 6) is -0.861. The minimum atomic E-state index is -1.67. The Kier molecular flexibility index (Phi) is 11.4. The quantitative estimate of drug-likeness (QED) is 0.283. The highest BCUT2D eigenvalue weighted by Gasteiger charge is 2.37. The van der Waals surface area contributed by atoms with Crippen LogP contribution in [0, 0.1) is 5.41 Å². The Labute approximate surface area is 186 Å². The zero-order valence-electron chi connectivity index (χ0n) is 19.3. The first-order chi connectivity index (χ1) is 14.5. The third-order valence-corrected chi connectivity index (χ3v) is 5.25. The van der Waals surface area contributed by atoms with Crippen molar-refractivity contribution in [3.8, 4) is 0 Å². The fourth-order valence-corrected chi connectivity index (χ4v) is 3.43. The fraction of sp³-hybridized carbons (Fsp3) is 0.739. The predicted molar refractivity (Wildman–Crippen MR) is 119 cm³/mol. The second-order valence-electron chi connectivity index (χ2n) is 9.17. The maximum Gasteiger partial charge on any atom is 0.252 e. The van der Waals surface area contributed by atoms with Crippen LogP contribution in [-0.2, 0) is 14.3 Å². The van der Waals surface area contributed by atoms with Crippen molar-refractivity contribution in [2.75, 3.05) is 20.2 Å². The number of hydrogen-bond acceptors (Lipinski definition) is 6. The molecule has 8 heteroatoms. The number of unbranched alkanes of at least 4 members (excludes halogenated alkanes) is 1. The van der Waals surface area contributed by atoms with Crippen LogP contribution in [0.5, 0.6) is 0 Å². The lowest BCUT2D eigenvalue weighted by Crippen LogP contribution is -2.55. The van der Waals surface area contributed by atoms with Gasteiger partial charge in [0.1, 0.15) is 24.4 Å².